The molecule has 0 radical (unpaired) electrons. The average Bonchev–Trinajstić information content (AvgIpc) is 3.06. The number of thiophene rings is 1. The normalized spacial score (nSPS) is 18.8. The van der Waals surface area contributed by atoms with E-state index >= 15 is 0 Å². The average molecular weight is 352 g/mol. The Kier molecular flexibility index (Phi) is 6.78. The summed E-state index contributed by atoms with van der Waals surface area (Å²) in [5.74, 6) is -0.358. The zero-order valence-electron chi connectivity index (χ0n) is 14.1. The molecule has 1 aliphatic heterocycles. The van der Waals surface area contributed by atoms with E-state index in [0.717, 1.165) is 30.8 Å². The van der Waals surface area contributed by atoms with E-state index in [2.05, 4.69) is 12.2 Å². The first kappa shape index (κ1) is 18.4. The Morgan fingerprint density at radius 1 is 1.46 bits per heavy atom. The molecule has 2 atom stereocenters. The molecule has 1 saturated heterocycles. The maximum absolute atomic E-state index is 12.1. The number of ether oxygens (including phenoxy) is 1. The number of amides is 2. The number of likely N-dealkylation sites (tertiary alicyclic amines) is 1. The zero-order chi connectivity index (χ0) is 17.5. The molecule has 132 valence electrons. The van der Waals surface area contributed by atoms with Crippen LogP contribution in [-0.4, -0.2) is 42.4 Å². The highest BCUT2D eigenvalue weighted by Gasteiger charge is 2.23. The van der Waals surface area contributed by atoms with Gasteiger partial charge in [0.15, 0.2) is 6.61 Å². The van der Waals surface area contributed by atoms with E-state index in [1.807, 2.05) is 17.5 Å². The van der Waals surface area contributed by atoms with Crippen LogP contribution in [0.3, 0.4) is 0 Å². The number of hydrogen-bond acceptors (Lipinski definition) is 5. The smallest absolute Gasteiger partial charge is 0.308 e. The maximum atomic E-state index is 12.1. The Morgan fingerprint density at radius 2 is 2.25 bits per heavy atom. The van der Waals surface area contributed by atoms with Crippen LogP contribution < -0.4 is 5.32 Å². The predicted molar refractivity (Wildman–Crippen MR) is 91.4 cm³/mol. The molecule has 1 aromatic rings. The maximum Gasteiger partial charge on any atom is 0.308 e. The molecule has 0 spiro atoms. The van der Waals surface area contributed by atoms with E-state index in [-0.39, 0.29) is 24.8 Å². The topological polar surface area (TPSA) is 75.7 Å². The van der Waals surface area contributed by atoms with E-state index in [4.69, 9.17) is 4.74 Å². The Balaban J connectivity index is 1.82. The standard InChI is InChI=1S/C17H24N2O4S/c1-12-5-3-7-19(10-12)16(21)11-23-17(22)9-14(18-13(2)20)15-6-4-8-24-15/h4,6,8,12,14H,3,5,7,9-11H2,1-2H3,(H,18,20). The van der Waals surface area contributed by atoms with Gasteiger partial charge in [-0.2, -0.15) is 0 Å². The molecule has 24 heavy (non-hydrogen) atoms. The van der Waals surface area contributed by atoms with Crippen molar-refractivity contribution in [3.8, 4) is 0 Å². The highest BCUT2D eigenvalue weighted by molar-refractivity contribution is 7.10. The van der Waals surface area contributed by atoms with Crippen molar-refractivity contribution in [2.24, 2.45) is 5.92 Å². The van der Waals surface area contributed by atoms with Gasteiger partial charge in [0.25, 0.3) is 5.91 Å². The lowest BCUT2D eigenvalue weighted by Crippen LogP contribution is -2.41. The molecule has 2 heterocycles. The van der Waals surface area contributed by atoms with Crippen LogP contribution in [0.4, 0.5) is 0 Å². The Hall–Kier alpha value is -1.89. The van der Waals surface area contributed by atoms with E-state index in [9.17, 15) is 14.4 Å². The second kappa shape index (κ2) is 8.82. The van der Waals surface area contributed by atoms with Crippen molar-refractivity contribution in [3.63, 3.8) is 0 Å². The van der Waals surface area contributed by atoms with Crippen molar-refractivity contribution in [1.82, 2.24) is 10.2 Å². The second-order valence-corrected chi connectivity index (χ2v) is 7.20. The number of esters is 1. The summed E-state index contributed by atoms with van der Waals surface area (Å²) in [7, 11) is 0. The van der Waals surface area contributed by atoms with Gasteiger partial charge in [0, 0.05) is 24.9 Å². The molecule has 1 fully saturated rings. The highest BCUT2D eigenvalue weighted by Crippen LogP contribution is 2.22. The van der Waals surface area contributed by atoms with Crippen LogP contribution in [0.1, 0.15) is 44.0 Å². The van der Waals surface area contributed by atoms with Crippen molar-refractivity contribution in [3.05, 3.63) is 22.4 Å². The first-order valence-electron chi connectivity index (χ1n) is 8.19. The monoisotopic (exact) mass is 352 g/mol. The van der Waals surface area contributed by atoms with Gasteiger partial charge in [-0.25, -0.2) is 0 Å². The fraction of sp³-hybridized carbons (Fsp3) is 0.588. The van der Waals surface area contributed by atoms with Crippen molar-refractivity contribution in [2.75, 3.05) is 19.7 Å². The van der Waals surface area contributed by atoms with E-state index in [0.29, 0.717) is 5.92 Å². The highest BCUT2D eigenvalue weighted by atomic mass is 32.1. The van der Waals surface area contributed by atoms with Crippen LogP contribution in [0.2, 0.25) is 0 Å². The molecular formula is C17H24N2O4S. The Labute approximate surface area is 146 Å². The summed E-state index contributed by atoms with van der Waals surface area (Å²) < 4.78 is 5.13. The van der Waals surface area contributed by atoms with Crippen molar-refractivity contribution >= 4 is 29.1 Å². The molecular weight excluding hydrogens is 328 g/mol. The van der Waals surface area contributed by atoms with Gasteiger partial charge in [-0.1, -0.05) is 13.0 Å². The van der Waals surface area contributed by atoms with Crippen molar-refractivity contribution < 1.29 is 19.1 Å². The first-order chi connectivity index (χ1) is 11.5. The Morgan fingerprint density at radius 3 is 2.88 bits per heavy atom. The van der Waals surface area contributed by atoms with Crippen LogP contribution in [0.15, 0.2) is 17.5 Å². The molecule has 2 rings (SSSR count). The molecule has 7 heteroatoms. The SMILES string of the molecule is CC(=O)NC(CC(=O)OCC(=O)N1CCCC(C)C1)c1cccs1. The molecule has 2 unspecified atom stereocenters. The van der Waals surface area contributed by atoms with Crippen molar-refractivity contribution in [1.29, 1.82) is 0 Å². The zero-order valence-corrected chi connectivity index (χ0v) is 14.9. The minimum Gasteiger partial charge on any atom is -0.455 e. The molecule has 1 aromatic heterocycles. The summed E-state index contributed by atoms with van der Waals surface area (Å²) in [5, 5.41) is 4.63. The number of piperidine rings is 1. The first-order valence-corrected chi connectivity index (χ1v) is 9.07. The van der Waals surface area contributed by atoms with Crippen LogP contribution in [-0.2, 0) is 19.1 Å². The third-order valence-corrected chi connectivity index (χ3v) is 4.99. The molecule has 0 aromatic carbocycles. The van der Waals surface area contributed by atoms with Crippen LogP contribution in [0, 0.1) is 5.92 Å². The second-order valence-electron chi connectivity index (χ2n) is 6.22. The fourth-order valence-corrected chi connectivity index (χ4v) is 3.61. The lowest BCUT2D eigenvalue weighted by molar-refractivity contribution is -0.153. The van der Waals surface area contributed by atoms with Gasteiger partial charge in [-0.3, -0.25) is 14.4 Å². The quantitative estimate of drug-likeness (QED) is 0.796. The largest absolute Gasteiger partial charge is 0.455 e. The Bertz CT molecular complexity index is 573. The van der Waals surface area contributed by atoms with E-state index < -0.39 is 12.0 Å². The van der Waals surface area contributed by atoms with Gasteiger partial charge >= 0.3 is 5.97 Å². The number of nitrogens with one attached hydrogen (secondary N) is 1. The third kappa shape index (κ3) is 5.63. The molecule has 0 bridgehead atoms. The van der Waals surface area contributed by atoms with Gasteiger partial charge in [0.1, 0.15) is 0 Å². The summed E-state index contributed by atoms with van der Waals surface area (Å²) in [6.45, 7) is 4.74. The molecule has 0 aliphatic carbocycles. The minimum atomic E-state index is -0.486. The number of carbonyl (C=O) groups is 3. The summed E-state index contributed by atoms with van der Waals surface area (Å²) in [6.07, 6.45) is 2.14. The van der Waals surface area contributed by atoms with E-state index in [1.165, 1.54) is 18.3 Å². The van der Waals surface area contributed by atoms with E-state index in [1.54, 1.807) is 4.90 Å². The number of nitrogens with zero attached hydrogens (tertiary/aromatic N) is 1. The predicted octanol–water partition coefficient (Wildman–Crippen LogP) is 2.12. The van der Waals surface area contributed by atoms with Gasteiger partial charge in [0.2, 0.25) is 5.91 Å². The van der Waals surface area contributed by atoms with Crippen molar-refractivity contribution in [2.45, 2.75) is 39.2 Å². The van der Waals surface area contributed by atoms with Gasteiger partial charge in [-0.05, 0) is 30.2 Å². The fourth-order valence-electron chi connectivity index (χ4n) is 2.83. The summed E-state index contributed by atoms with van der Waals surface area (Å²) in [5.41, 5.74) is 0. The minimum absolute atomic E-state index is 0.0176. The molecule has 2 amide bonds. The molecule has 1 N–H and O–H groups in total. The lowest BCUT2D eigenvalue weighted by Gasteiger charge is -2.30. The number of rotatable bonds is 6. The summed E-state index contributed by atoms with van der Waals surface area (Å²) >= 11 is 1.46. The number of hydrogen-bond donors (Lipinski definition) is 1. The third-order valence-electron chi connectivity index (χ3n) is 4.00. The molecule has 1 aliphatic rings. The van der Waals surface area contributed by atoms with Crippen LogP contribution in [0.5, 0.6) is 0 Å². The molecule has 6 nitrogen and oxygen atoms in total. The number of carbonyl (C=O) groups excluding carboxylic acids is 3. The van der Waals surface area contributed by atoms with Gasteiger partial charge in [-0.15, -0.1) is 11.3 Å². The summed E-state index contributed by atoms with van der Waals surface area (Å²) in [4.78, 5) is 38.1. The van der Waals surface area contributed by atoms with Crippen LogP contribution in [0.25, 0.3) is 0 Å². The van der Waals surface area contributed by atoms with Crippen LogP contribution >= 0.6 is 11.3 Å². The lowest BCUT2D eigenvalue weighted by atomic mass is 10.0. The summed E-state index contributed by atoms with van der Waals surface area (Å²) in [6, 6.07) is 3.31. The van der Waals surface area contributed by atoms with Gasteiger partial charge in [0.05, 0.1) is 12.5 Å². The molecule has 0 saturated carbocycles. The van der Waals surface area contributed by atoms with Gasteiger partial charge < -0.3 is 15.0 Å².